The van der Waals surface area contributed by atoms with E-state index in [1.54, 1.807) is 0 Å². The molecule has 1 heterocycles. The summed E-state index contributed by atoms with van der Waals surface area (Å²) in [7, 11) is 0. The van der Waals surface area contributed by atoms with E-state index in [4.69, 9.17) is 0 Å². The van der Waals surface area contributed by atoms with Gasteiger partial charge in [0.15, 0.2) is 0 Å². The Labute approximate surface area is 164 Å². The molecule has 3 unspecified atom stereocenters. The molecule has 144 valence electrons. The van der Waals surface area contributed by atoms with Crippen LogP contribution in [0.15, 0.2) is 30.3 Å². The Morgan fingerprint density at radius 3 is 2.46 bits per heavy atom. The highest BCUT2D eigenvalue weighted by Crippen LogP contribution is 2.60. The van der Waals surface area contributed by atoms with E-state index in [1.807, 2.05) is 0 Å². The minimum Gasteiger partial charge on any atom is -1.00 e. The van der Waals surface area contributed by atoms with Crippen LogP contribution in [0.25, 0.3) is 0 Å². The number of hydrogen-bond donors (Lipinski definition) is 1. The molecule has 3 fully saturated rings. The fourth-order valence-corrected chi connectivity index (χ4v) is 6.00. The van der Waals surface area contributed by atoms with Crippen molar-refractivity contribution >= 4 is 11.6 Å². The van der Waals surface area contributed by atoms with Crippen LogP contribution in [0.4, 0.5) is 5.69 Å². The number of para-hydroxylation sites is 1. The zero-order valence-electron chi connectivity index (χ0n) is 16.2. The van der Waals surface area contributed by atoms with Crippen LogP contribution in [0.1, 0.15) is 46.0 Å². The highest BCUT2D eigenvalue weighted by atomic mass is 35.5. The summed E-state index contributed by atoms with van der Waals surface area (Å²) < 4.78 is 0. The third-order valence-electron chi connectivity index (χ3n) is 7.62. The summed E-state index contributed by atoms with van der Waals surface area (Å²) in [5.41, 5.74) is 1.82. The maximum absolute atomic E-state index is 12.7. The van der Waals surface area contributed by atoms with Gasteiger partial charge in [0.05, 0.1) is 26.2 Å². The van der Waals surface area contributed by atoms with Crippen LogP contribution in [0, 0.1) is 23.2 Å². The Bertz CT molecular complexity index is 610. The van der Waals surface area contributed by atoms with Gasteiger partial charge >= 0.3 is 0 Å². The van der Waals surface area contributed by atoms with Gasteiger partial charge in [0, 0.05) is 6.42 Å². The SMILES string of the molecule is CC1(C)C2CCC(C2)C1CCC(=O)N1CC[NH+](c2ccccc2)CC1.[Cl-]. The molecule has 26 heavy (non-hydrogen) atoms. The number of piperazine rings is 1. The monoisotopic (exact) mass is 376 g/mol. The van der Waals surface area contributed by atoms with Crippen molar-refractivity contribution in [1.82, 2.24) is 4.90 Å². The summed E-state index contributed by atoms with van der Waals surface area (Å²) in [5, 5.41) is 0. The van der Waals surface area contributed by atoms with Crippen LogP contribution in [0.5, 0.6) is 0 Å². The Morgan fingerprint density at radius 1 is 1.15 bits per heavy atom. The minimum atomic E-state index is 0. The van der Waals surface area contributed by atoms with Gasteiger partial charge in [0.2, 0.25) is 5.91 Å². The molecule has 3 nitrogen and oxygen atoms in total. The number of carbonyl (C=O) groups is 1. The predicted molar refractivity (Wildman–Crippen MR) is 101 cm³/mol. The number of halogens is 1. The summed E-state index contributed by atoms with van der Waals surface area (Å²) in [6.45, 7) is 8.79. The fourth-order valence-electron chi connectivity index (χ4n) is 6.00. The topological polar surface area (TPSA) is 24.8 Å². The first-order valence-electron chi connectivity index (χ1n) is 10.2. The van der Waals surface area contributed by atoms with Gasteiger partial charge in [-0.2, -0.15) is 0 Å². The first kappa shape index (κ1) is 19.7. The molecule has 1 aromatic rings. The molecule has 1 aliphatic heterocycles. The summed E-state index contributed by atoms with van der Waals surface area (Å²) in [6, 6.07) is 10.7. The highest BCUT2D eigenvalue weighted by molar-refractivity contribution is 5.76. The largest absolute Gasteiger partial charge is 1.00 e. The lowest BCUT2D eigenvalue weighted by Gasteiger charge is -2.39. The van der Waals surface area contributed by atoms with Crippen molar-refractivity contribution in [2.45, 2.75) is 46.0 Å². The Kier molecular flexibility index (Phi) is 5.98. The van der Waals surface area contributed by atoms with Crippen molar-refractivity contribution in [2.75, 3.05) is 26.2 Å². The number of nitrogens with one attached hydrogen (secondary N) is 1. The lowest BCUT2D eigenvalue weighted by Crippen LogP contribution is -3.10. The molecule has 4 rings (SSSR count). The van der Waals surface area contributed by atoms with Gasteiger partial charge in [-0.1, -0.05) is 32.0 Å². The smallest absolute Gasteiger partial charge is 0.222 e. The molecule has 1 aromatic carbocycles. The molecule has 2 bridgehead atoms. The number of fused-ring (bicyclic) bond motifs is 2. The standard InChI is InChI=1S/C22H32N2O.ClH/c1-22(2)18-9-8-17(16-18)20(22)10-11-21(25)24-14-12-23(13-15-24)19-6-4-3-5-7-19;/h3-7,17-18,20H,8-16H2,1-2H3;1H. The highest BCUT2D eigenvalue weighted by Gasteiger charge is 2.52. The van der Waals surface area contributed by atoms with Crippen LogP contribution < -0.4 is 17.3 Å². The average molecular weight is 377 g/mol. The number of amides is 1. The zero-order valence-corrected chi connectivity index (χ0v) is 17.0. The van der Waals surface area contributed by atoms with E-state index in [2.05, 4.69) is 49.1 Å². The molecule has 2 saturated carbocycles. The van der Waals surface area contributed by atoms with E-state index in [0.717, 1.165) is 56.8 Å². The number of nitrogens with zero attached hydrogens (tertiary/aromatic N) is 1. The van der Waals surface area contributed by atoms with Gasteiger partial charge in [0.1, 0.15) is 5.69 Å². The summed E-state index contributed by atoms with van der Waals surface area (Å²) >= 11 is 0. The van der Waals surface area contributed by atoms with E-state index >= 15 is 0 Å². The number of carbonyl (C=O) groups excluding carboxylic acids is 1. The lowest BCUT2D eigenvalue weighted by atomic mass is 9.67. The molecular weight excluding hydrogens is 344 g/mol. The summed E-state index contributed by atoms with van der Waals surface area (Å²) in [4.78, 5) is 16.4. The molecule has 1 N–H and O–H groups in total. The predicted octanol–water partition coefficient (Wildman–Crippen LogP) is -0.0983. The van der Waals surface area contributed by atoms with E-state index in [0.29, 0.717) is 11.3 Å². The quantitative estimate of drug-likeness (QED) is 0.780. The number of rotatable bonds is 4. The fraction of sp³-hybridized carbons (Fsp3) is 0.682. The molecule has 1 amide bonds. The molecule has 4 heteroatoms. The van der Waals surface area contributed by atoms with Gasteiger partial charge in [-0.25, -0.2) is 0 Å². The molecule has 3 atom stereocenters. The average Bonchev–Trinajstić information content (AvgIpc) is 3.21. The van der Waals surface area contributed by atoms with Crippen LogP contribution in [-0.4, -0.2) is 37.0 Å². The van der Waals surface area contributed by atoms with Gasteiger partial charge in [-0.15, -0.1) is 0 Å². The molecular formula is C22H33ClN2O. The molecule has 1 saturated heterocycles. The number of quaternary nitrogens is 1. The van der Waals surface area contributed by atoms with Gasteiger partial charge in [-0.05, 0) is 61.0 Å². The number of benzene rings is 1. The normalized spacial score (nSPS) is 30.2. The van der Waals surface area contributed by atoms with E-state index in [-0.39, 0.29) is 12.4 Å². The maximum Gasteiger partial charge on any atom is 0.222 e. The Morgan fingerprint density at radius 2 is 1.85 bits per heavy atom. The third-order valence-corrected chi connectivity index (χ3v) is 7.62. The van der Waals surface area contributed by atoms with E-state index in [9.17, 15) is 4.79 Å². The lowest BCUT2D eigenvalue weighted by molar-refractivity contribution is -0.837. The zero-order chi connectivity index (χ0) is 17.4. The minimum absolute atomic E-state index is 0. The van der Waals surface area contributed by atoms with Crippen molar-refractivity contribution in [2.24, 2.45) is 23.2 Å². The van der Waals surface area contributed by atoms with Crippen molar-refractivity contribution in [1.29, 1.82) is 0 Å². The second-order valence-corrected chi connectivity index (χ2v) is 9.09. The molecule has 0 spiro atoms. The van der Waals surface area contributed by atoms with E-state index in [1.165, 1.54) is 29.8 Å². The second-order valence-electron chi connectivity index (χ2n) is 9.09. The van der Waals surface area contributed by atoms with Crippen molar-refractivity contribution in [3.63, 3.8) is 0 Å². The third kappa shape index (κ3) is 3.66. The van der Waals surface area contributed by atoms with Crippen molar-refractivity contribution < 1.29 is 22.1 Å². The molecule has 3 aliphatic rings. The Balaban J connectivity index is 0.00000196. The van der Waals surface area contributed by atoms with Gasteiger partial charge in [0.25, 0.3) is 0 Å². The molecule has 0 aromatic heterocycles. The summed E-state index contributed by atoms with van der Waals surface area (Å²) in [5.74, 6) is 2.97. The summed E-state index contributed by atoms with van der Waals surface area (Å²) in [6.07, 6.45) is 6.13. The van der Waals surface area contributed by atoms with Gasteiger partial charge in [-0.3, -0.25) is 9.69 Å². The van der Waals surface area contributed by atoms with Gasteiger partial charge < -0.3 is 17.3 Å². The second kappa shape index (κ2) is 7.90. The number of hydrogen-bond acceptors (Lipinski definition) is 1. The van der Waals surface area contributed by atoms with Crippen LogP contribution in [0.3, 0.4) is 0 Å². The van der Waals surface area contributed by atoms with Crippen LogP contribution >= 0.6 is 0 Å². The first-order chi connectivity index (χ1) is 12.1. The van der Waals surface area contributed by atoms with Crippen molar-refractivity contribution in [3.8, 4) is 0 Å². The van der Waals surface area contributed by atoms with Crippen LogP contribution in [0.2, 0.25) is 0 Å². The first-order valence-corrected chi connectivity index (χ1v) is 10.2. The van der Waals surface area contributed by atoms with Crippen molar-refractivity contribution in [3.05, 3.63) is 30.3 Å². The molecule has 0 radical (unpaired) electrons. The Hall–Kier alpha value is -1.06. The van der Waals surface area contributed by atoms with E-state index < -0.39 is 0 Å². The van der Waals surface area contributed by atoms with Crippen LogP contribution in [-0.2, 0) is 4.79 Å². The maximum atomic E-state index is 12.7. The molecule has 2 aliphatic carbocycles.